The van der Waals surface area contributed by atoms with Crippen LogP contribution in [-0.2, 0) is 17.5 Å². The molecule has 0 fully saturated rings. The lowest BCUT2D eigenvalue weighted by molar-refractivity contribution is 0.331. The molecule has 4 heterocycles. The minimum absolute atomic E-state index is 0.133. The zero-order valence-corrected chi connectivity index (χ0v) is 18.7. The normalized spacial score (nSPS) is 12.9. The molecular weight excluding hydrogens is 400 g/mol. The highest BCUT2D eigenvalue weighted by atomic mass is 19.1. The first-order valence-electron chi connectivity index (χ1n) is 10.2. The summed E-state index contributed by atoms with van der Waals surface area (Å²) in [6.45, 7) is 11.7. The summed E-state index contributed by atoms with van der Waals surface area (Å²) in [6, 6.07) is 0. The number of anilines is 1. The Morgan fingerprint density at radius 2 is 1.61 bits per heavy atom. The van der Waals surface area contributed by atoms with E-state index < -0.39 is 11.4 Å². The van der Waals surface area contributed by atoms with Crippen LogP contribution in [0.4, 0.5) is 14.6 Å². The molecular formula is C22H27F2N7. The van der Waals surface area contributed by atoms with Gasteiger partial charge in [0.1, 0.15) is 28.8 Å². The smallest absolute Gasteiger partial charge is 0.154 e. The molecule has 164 valence electrons. The summed E-state index contributed by atoms with van der Waals surface area (Å²) in [5.74, 6) is 0.439. The number of hydrogen-bond donors (Lipinski definition) is 1. The van der Waals surface area contributed by atoms with Gasteiger partial charge in [-0.3, -0.25) is 0 Å². The molecule has 9 heteroatoms. The maximum absolute atomic E-state index is 14.6. The molecule has 31 heavy (non-hydrogen) atoms. The number of rotatable bonds is 4. The highest BCUT2D eigenvalue weighted by Gasteiger charge is 2.27. The lowest BCUT2D eigenvalue weighted by Gasteiger charge is -2.27. The molecule has 0 atom stereocenters. The Kier molecular flexibility index (Phi) is 4.75. The fourth-order valence-corrected chi connectivity index (χ4v) is 3.86. The first kappa shape index (κ1) is 21.1. The molecule has 0 bridgehead atoms. The Hall–Kier alpha value is -3.10. The summed E-state index contributed by atoms with van der Waals surface area (Å²) in [5.41, 5.74) is 6.15. The third-order valence-electron chi connectivity index (χ3n) is 5.62. The number of nitrogen functional groups attached to an aromatic ring is 1. The predicted octanol–water partition coefficient (Wildman–Crippen LogP) is 4.47. The second-order valence-corrected chi connectivity index (χ2v) is 9.56. The summed E-state index contributed by atoms with van der Waals surface area (Å²) in [6.07, 6.45) is 5.56. The van der Waals surface area contributed by atoms with Gasteiger partial charge in [-0.1, -0.05) is 0 Å². The monoisotopic (exact) mass is 427 g/mol. The Bertz CT molecular complexity index is 1300. The van der Waals surface area contributed by atoms with Gasteiger partial charge in [0.2, 0.25) is 0 Å². The molecule has 4 aromatic rings. The van der Waals surface area contributed by atoms with E-state index in [1.54, 1.807) is 11.5 Å². The number of halogens is 2. The van der Waals surface area contributed by atoms with Crippen molar-refractivity contribution in [2.24, 2.45) is 0 Å². The van der Waals surface area contributed by atoms with Crippen molar-refractivity contribution in [3.05, 3.63) is 41.9 Å². The van der Waals surface area contributed by atoms with Gasteiger partial charge in [0, 0.05) is 36.1 Å². The van der Waals surface area contributed by atoms with Gasteiger partial charge in [0.15, 0.2) is 11.6 Å². The van der Waals surface area contributed by atoms with Crippen LogP contribution in [0.3, 0.4) is 0 Å². The highest BCUT2D eigenvalue weighted by molar-refractivity contribution is 5.87. The van der Waals surface area contributed by atoms with Gasteiger partial charge in [0.05, 0.1) is 10.8 Å². The van der Waals surface area contributed by atoms with E-state index in [-0.39, 0.29) is 22.6 Å². The minimum Gasteiger partial charge on any atom is -0.383 e. The van der Waals surface area contributed by atoms with E-state index in [0.717, 1.165) is 0 Å². The van der Waals surface area contributed by atoms with E-state index in [1.165, 1.54) is 18.6 Å². The molecule has 0 aromatic carbocycles. The Morgan fingerprint density at radius 3 is 2.29 bits per heavy atom. The molecule has 0 saturated heterocycles. The molecule has 4 aromatic heterocycles. The molecule has 0 radical (unpaired) electrons. The van der Waals surface area contributed by atoms with Gasteiger partial charge in [-0.05, 0) is 48.0 Å². The number of nitrogens with zero attached hydrogens (tertiary/aromatic N) is 6. The predicted molar refractivity (Wildman–Crippen MR) is 117 cm³/mol. The summed E-state index contributed by atoms with van der Waals surface area (Å²) in [7, 11) is 0. The van der Waals surface area contributed by atoms with Crippen LogP contribution in [-0.4, -0.2) is 29.1 Å². The molecule has 7 nitrogen and oxygen atoms in total. The largest absolute Gasteiger partial charge is 0.383 e. The van der Waals surface area contributed by atoms with E-state index in [4.69, 9.17) is 5.73 Å². The topological polar surface area (TPSA) is 87.4 Å². The number of aryl methyl sites for hydroxylation is 2. The van der Waals surface area contributed by atoms with E-state index in [1.807, 2.05) is 39.2 Å². The van der Waals surface area contributed by atoms with Crippen molar-refractivity contribution >= 4 is 27.9 Å². The molecule has 0 aliphatic carbocycles. The first-order chi connectivity index (χ1) is 14.4. The lowest BCUT2D eigenvalue weighted by Crippen LogP contribution is -2.27. The average Bonchev–Trinajstić information content (AvgIpc) is 3.18. The van der Waals surface area contributed by atoms with Gasteiger partial charge in [-0.15, -0.1) is 0 Å². The summed E-state index contributed by atoms with van der Waals surface area (Å²) < 4.78 is 32.5. The number of hydrogen-bond acceptors (Lipinski definition) is 5. The second-order valence-electron chi connectivity index (χ2n) is 9.56. The molecule has 2 N–H and O–H groups in total. The Morgan fingerprint density at radius 1 is 0.935 bits per heavy atom. The van der Waals surface area contributed by atoms with E-state index in [0.29, 0.717) is 41.2 Å². The number of aromatic nitrogens is 6. The molecule has 0 amide bonds. The van der Waals surface area contributed by atoms with Crippen LogP contribution in [0.1, 0.15) is 52.7 Å². The van der Waals surface area contributed by atoms with Gasteiger partial charge in [-0.2, -0.15) is 0 Å². The van der Waals surface area contributed by atoms with Crippen LogP contribution in [0, 0.1) is 18.6 Å². The second kappa shape index (κ2) is 6.96. The fourth-order valence-electron chi connectivity index (χ4n) is 3.86. The zero-order chi connectivity index (χ0) is 22.7. The maximum Gasteiger partial charge on any atom is 0.154 e. The molecule has 0 unspecified atom stereocenters. The Labute approximate surface area is 179 Å². The number of nitrogens with two attached hydrogens (primary N) is 1. The maximum atomic E-state index is 14.6. The SMILES string of the molecule is Cc1nc(N)c2c(F)cn(C(C)(C)CCc3ncc4c(F)cn(C(C)(C)C)c4n3)c2n1. The van der Waals surface area contributed by atoms with Crippen molar-refractivity contribution in [2.45, 2.75) is 65.5 Å². The van der Waals surface area contributed by atoms with Crippen molar-refractivity contribution in [3.8, 4) is 0 Å². The van der Waals surface area contributed by atoms with Crippen LogP contribution < -0.4 is 5.73 Å². The van der Waals surface area contributed by atoms with Crippen LogP contribution >= 0.6 is 0 Å². The van der Waals surface area contributed by atoms with Gasteiger partial charge < -0.3 is 14.9 Å². The molecule has 4 rings (SSSR count). The van der Waals surface area contributed by atoms with Gasteiger partial charge in [0.25, 0.3) is 0 Å². The van der Waals surface area contributed by atoms with E-state index in [9.17, 15) is 8.78 Å². The van der Waals surface area contributed by atoms with Crippen molar-refractivity contribution < 1.29 is 8.78 Å². The fraction of sp³-hybridized carbons (Fsp3) is 0.455. The third-order valence-corrected chi connectivity index (χ3v) is 5.62. The first-order valence-corrected chi connectivity index (χ1v) is 10.2. The van der Waals surface area contributed by atoms with Gasteiger partial charge >= 0.3 is 0 Å². The average molecular weight is 428 g/mol. The minimum atomic E-state index is -0.495. The van der Waals surface area contributed by atoms with Crippen molar-refractivity contribution in [1.29, 1.82) is 0 Å². The van der Waals surface area contributed by atoms with Crippen LogP contribution in [0.5, 0.6) is 0 Å². The van der Waals surface area contributed by atoms with Crippen molar-refractivity contribution in [2.75, 3.05) is 5.73 Å². The molecule has 0 saturated carbocycles. The van der Waals surface area contributed by atoms with Crippen LogP contribution in [0.2, 0.25) is 0 Å². The molecule has 0 aliphatic heterocycles. The quantitative estimate of drug-likeness (QED) is 0.519. The molecule has 0 spiro atoms. The van der Waals surface area contributed by atoms with Gasteiger partial charge in [-0.25, -0.2) is 28.7 Å². The lowest BCUT2D eigenvalue weighted by atomic mass is 9.97. The third kappa shape index (κ3) is 3.62. The Balaban J connectivity index is 1.68. The van der Waals surface area contributed by atoms with E-state index in [2.05, 4.69) is 19.9 Å². The highest BCUT2D eigenvalue weighted by Crippen LogP contribution is 2.31. The summed E-state index contributed by atoms with van der Waals surface area (Å²) in [5, 5.41) is 0.633. The standard InChI is InChI=1S/C22H27F2N7/c1-12-27-18(25)17-15(24)11-31(20(17)28-12)22(5,6)8-7-16-26-9-13-14(23)10-30(19(13)29-16)21(2,3)4/h9-11H,7-8H2,1-6H3,(H2,25,27,28). The number of fused-ring (bicyclic) bond motifs is 2. The van der Waals surface area contributed by atoms with Crippen LogP contribution in [0.15, 0.2) is 18.6 Å². The van der Waals surface area contributed by atoms with Crippen LogP contribution in [0.25, 0.3) is 22.1 Å². The summed E-state index contributed by atoms with van der Waals surface area (Å²) >= 11 is 0. The summed E-state index contributed by atoms with van der Waals surface area (Å²) in [4.78, 5) is 17.5. The van der Waals surface area contributed by atoms with E-state index >= 15 is 0 Å². The van der Waals surface area contributed by atoms with Crippen molar-refractivity contribution in [3.63, 3.8) is 0 Å². The zero-order valence-electron chi connectivity index (χ0n) is 18.7. The van der Waals surface area contributed by atoms with Crippen molar-refractivity contribution in [1.82, 2.24) is 29.1 Å². The molecule has 0 aliphatic rings.